The van der Waals surface area contributed by atoms with Crippen molar-refractivity contribution in [1.82, 2.24) is 20.0 Å². The maximum Gasteiger partial charge on any atom is 0.261 e. The number of aliphatic hydroxyl groups is 1. The molecule has 8 heteroatoms. The zero-order valence-electron chi connectivity index (χ0n) is 17.9. The average molecular weight is 441 g/mol. The van der Waals surface area contributed by atoms with Crippen LogP contribution in [0.25, 0.3) is 15.9 Å². The van der Waals surface area contributed by atoms with E-state index in [9.17, 15) is 9.59 Å². The van der Waals surface area contributed by atoms with Crippen LogP contribution in [0, 0.1) is 12.8 Å². The van der Waals surface area contributed by atoms with Gasteiger partial charge in [0.05, 0.1) is 22.9 Å². The minimum absolute atomic E-state index is 0.0199. The summed E-state index contributed by atoms with van der Waals surface area (Å²) in [5.41, 5.74) is 1.88. The molecule has 0 aliphatic heterocycles. The Hall–Kier alpha value is -2.71. The Kier molecular flexibility index (Phi) is 6.38. The van der Waals surface area contributed by atoms with E-state index in [1.54, 1.807) is 11.9 Å². The number of aryl methyl sites for hydroxylation is 1. The molecule has 2 heterocycles. The van der Waals surface area contributed by atoms with Crippen molar-refractivity contribution in [2.24, 2.45) is 5.92 Å². The van der Waals surface area contributed by atoms with Crippen molar-refractivity contribution >= 4 is 33.4 Å². The molecule has 0 atom stereocenters. The van der Waals surface area contributed by atoms with E-state index in [1.807, 2.05) is 48.0 Å². The summed E-state index contributed by atoms with van der Waals surface area (Å²) in [6.07, 6.45) is 3.09. The van der Waals surface area contributed by atoms with Gasteiger partial charge in [-0.3, -0.25) is 9.59 Å². The molecular formula is C23H28N4O3S. The smallest absolute Gasteiger partial charge is 0.261 e. The molecule has 0 radical (unpaired) electrons. The Morgan fingerprint density at radius 1 is 1.23 bits per heavy atom. The number of amides is 2. The molecular weight excluding hydrogens is 412 g/mol. The fourth-order valence-electron chi connectivity index (χ4n) is 4.22. The molecule has 2 amide bonds. The highest BCUT2D eigenvalue weighted by Gasteiger charge is 2.29. The lowest BCUT2D eigenvalue weighted by molar-refractivity contribution is -0.135. The van der Waals surface area contributed by atoms with E-state index in [1.165, 1.54) is 11.3 Å². The number of nitrogens with one attached hydrogen (secondary N) is 1. The van der Waals surface area contributed by atoms with Gasteiger partial charge in [0.15, 0.2) is 0 Å². The van der Waals surface area contributed by atoms with Crippen molar-refractivity contribution in [1.29, 1.82) is 0 Å². The van der Waals surface area contributed by atoms with Gasteiger partial charge in [-0.15, -0.1) is 11.3 Å². The number of benzene rings is 1. The lowest BCUT2D eigenvalue weighted by atomic mass is 9.85. The molecule has 2 aromatic heterocycles. The quantitative estimate of drug-likeness (QED) is 0.617. The van der Waals surface area contributed by atoms with Crippen LogP contribution in [0.5, 0.6) is 0 Å². The van der Waals surface area contributed by atoms with Gasteiger partial charge in [0.2, 0.25) is 5.91 Å². The van der Waals surface area contributed by atoms with E-state index < -0.39 is 0 Å². The molecule has 4 rings (SSSR count). The summed E-state index contributed by atoms with van der Waals surface area (Å²) >= 11 is 1.46. The molecule has 0 spiro atoms. The van der Waals surface area contributed by atoms with Crippen LogP contribution < -0.4 is 5.32 Å². The first-order valence-electron chi connectivity index (χ1n) is 10.7. The second-order valence-corrected chi connectivity index (χ2v) is 9.20. The standard InChI is InChI=1S/C23H28N4O3S/c1-15-19-14-20(31-23(19)27(25-15)18-6-4-3-5-7-18)21(29)24-17-10-8-16(9-11-17)22(30)26(2)12-13-28/h3-7,14,16-17,28H,8-13H2,1-2H3,(H,24,29). The molecule has 3 aromatic rings. The molecule has 1 saturated carbocycles. The normalized spacial score (nSPS) is 18.8. The molecule has 1 aromatic carbocycles. The average Bonchev–Trinajstić information content (AvgIpc) is 3.35. The Bertz CT molecular complexity index is 1070. The summed E-state index contributed by atoms with van der Waals surface area (Å²) in [7, 11) is 1.73. The molecule has 0 unspecified atom stereocenters. The number of carbonyl (C=O) groups is 2. The number of aromatic nitrogens is 2. The van der Waals surface area contributed by atoms with E-state index >= 15 is 0 Å². The van der Waals surface area contributed by atoms with Gasteiger partial charge in [-0.25, -0.2) is 4.68 Å². The number of thiophene rings is 1. The fourth-order valence-corrected chi connectivity index (χ4v) is 5.30. The number of para-hydroxylation sites is 1. The first-order valence-corrected chi connectivity index (χ1v) is 11.5. The summed E-state index contributed by atoms with van der Waals surface area (Å²) in [4.78, 5) is 28.6. The van der Waals surface area contributed by atoms with Gasteiger partial charge in [-0.05, 0) is 50.8 Å². The van der Waals surface area contributed by atoms with Crippen LogP contribution in [-0.4, -0.2) is 57.8 Å². The topological polar surface area (TPSA) is 87.5 Å². The van der Waals surface area contributed by atoms with Crippen molar-refractivity contribution < 1.29 is 14.7 Å². The van der Waals surface area contributed by atoms with Gasteiger partial charge >= 0.3 is 0 Å². The van der Waals surface area contributed by atoms with Crippen molar-refractivity contribution in [3.63, 3.8) is 0 Å². The molecule has 7 nitrogen and oxygen atoms in total. The van der Waals surface area contributed by atoms with Gasteiger partial charge in [0.1, 0.15) is 4.83 Å². The third-order valence-electron chi connectivity index (χ3n) is 5.99. The monoisotopic (exact) mass is 440 g/mol. The summed E-state index contributed by atoms with van der Waals surface area (Å²) in [6, 6.07) is 11.9. The van der Waals surface area contributed by atoms with Gasteiger partial charge in [0, 0.05) is 30.9 Å². The SMILES string of the molecule is Cc1nn(-c2ccccc2)c2sc(C(=O)NC3CCC(C(=O)N(C)CCO)CC3)cc12. The van der Waals surface area contributed by atoms with E-state index in [-0.39, 0.29) is 30.4 Å². The number of fused-ring (bicyclic) bond motifs is 1. The van der Waals surface area contributed by atoms with Crippen molar-refractivity contribution in [2.75, 3.05) is 20.2 Å². The predicted molar refractivity (Wildman–Crippen MR) is 122 cm³/mol. The molecule has 2 N–H and O–H groups in total. The maximum absolute atomic E-state index is 12.9. The largest absolute Gasteiger partial charge is 0.395 e. The molecule has 0 bridgehead atoms. The van der Waals surface area contributed by atoms with Crippen LogP contribution in [0.1, 0.15) is 41.0 Å². The first kappa shape index (κ1) is 21.5. The summed E-state index contributed by atoms with van der Waals surface area (Å²) in [5.74, 6) is 0.00481. The number of hydrogen-bond donors (Lipinski definition) is 2. The third-order valence-corrected chi connectivity index (χ3v) is 7.10. The van der Waals surface area contributed by atoms with E-state index in [2.05, 4.69) is 10.4 Å². The van der Waals surface area contributed by atoms with Crippen LogP contribution in [0.3, 0.4) is 0 Å². The molecule has 1 aliphatic carbocycles. The highest BCUT2D eigenvalue weighted by atomic mass is 32.1. The fraction of sp³-hybridized carbons (Fsp3) is 0.435. The first-order chi connectivity index (χ1) is 15.0. The number of hydrogen-bond acceptors (Lipinski definition) is 5. The van der Waals surface area contributed by atoms with E-state index in [0.29, 0.717) is 11.4 Å². The Balaban J connectivity index is 1.41. The highest BCUT2D eigenvalue weighted by Crippen LogP contribution is 2.31. The van der Waals surface area contributed by atoms with Gasteiger partial charge in [-0.1, -0.05) is 18.2 Å². The van der Waals surface area contributed by atoms with Crippen molar-refractivity contribution in [3.05, 3.63) is 47.0 Å². The molecule has 164 valence electrons. The predicted octanol–water partition coefficient (Wildman–Crippen LogP) is 3.13. The number of likely N-dealkylation sites (N-methyl/N-ethyl adjacent to an activating group) is 1. The summed E-state index contributed by atoms with van der Waals surface area (Å²) in [6.45, 7) is 2.30. The Morgan fingerprint density at radius 3 is 2.61 bits per heavy atom. The van der Waals surface area contributed by atoms with Crippen LogP contribution >= 0.6 is 11.3 Å². The Labute approximate surface area is 185 Å². The minimum Gasteiger partial charge on any atom is -0.395 e. The number of rotatable bonds is 6. The number of aliphatic hydroxyl groups excluding tert-OH is 1. The third kappa shape index (κ3) is 4.50. The number of nitrogens with zero attached hydrogens (tertiary/aromatic N) is 3. The molecule has 0 saturated heterocycles. The lowest BCUT2D eigenvalue weighted by Gasteiger charge is -2.30. The van der Waals surface area contributed by atoms with Gasteiger partial charge in [0.25, 0.3) is 5.91 Å². The van der Waals surface area contributed by atoms with Crippen LogP contribution in [0.4, 0.5) is 0 Å². The van der Waals surface area contributed by atoms with Gasteiger partial charge in [-0.2, -0.15) is 5.10 Å². The molecule has 1 aliphatic rings. The van der Waals surface area contributed by atoms with Gasteiger partial charge < -0.3 is 15.3 Å². The Morgan fingerprint density at radius 2 is 1.94 bits per heavy atom. The second kappa shape index (κ2) is 9.20. The van der Waals surface area contributed by atoms with Crippen LogP contribution in [0.2, 0.25) is 0 Å². The lowest BCUT2D eigenvalue weighted by Crippen LogP contribution is -2.41. The van der Waals surface area contributed by atoms with Crippen LogP contribution in [0.15, 0.2) is 36.4 Å². The number of carbonyl (C=O) groups excluding carboxylic acids is 2. The van der Waals surface area contributed by atoms with E-state index in [0.717, 1.165) is 47.3 Å². The maximum atomic E-state index is 12.9. The zero-order chi connectivity index (χ0) is 22.0. The van der Waals surface area contributed by atoms with Crippen LogP contribution in [-0.2, 0) is 4.79 Å². The van der Waals surface area contributed by atoms with E-state index in [4.69, 9.17) is 5.11 Å². The zero-order valence-corrected chi connectivity index (χ0v) is 18.7. The summed E-state index contributed by atoms with van der Waals surface area (Å²) in [5, 5.41) is 17.8. The van der Waals surface area contributed by atoms with Crippen molar-refractivity contribution in [2.45, 2.75) is 38.6 Å². The highest BCUT2D eigenvalue weighted by molar-refractivity contribution is 7.20. The summed E-state index contributed by atoms with van der Waals surface area (Å²) < 4.78 is 1.89. The molecule has 1 fully saturated rings. The van der Waals surface area contributed by atoms with Crippen molar-refractivity contribution in [3.8, 4) is 5.69 Å². The molecule has 31 heavy (non-hydrogen) atoms. The minimum atomic E-state index is -0.0626. The second-order valence-electron chi connectivity index (χ2n) is 8.17.